The van der Waals surface area contributed by atoms with E-state index in [9.17, 15) is 4.79 Å². The predicted octanol–water partition coefficient (Wildman–Crippen LogP) is 0.302. The molecule has 0 radical (unpaired) electrons. The first-order valence-electron chi connectivity index (χ1n) is 6.33. The SMILES string of the molecule is COc1ncnc(N(CC(N)=O)C2CCCC2)c1N. The Kier molecular flexibility index (Phi) is 4.03. The fourth-order valence-electron chi connectivity index (χ4n) is 2.52. The highest BCUT2D eigenvalue weighted by atomic mass is 16.5. The van der Waals surface area contributed by atoms with Crippen molar-refractivity contribution in [3.05, 3.63) is 6.33 Å². The third kappa shape index (κ3) is 2.86. The van der Waals surface area contributed by atoms with Gasteiger partial charge < -0.3 is 21.1 Å². The minimum Gasteiger partial charge on any atom is -0.479 e. The highest BCUT2D eigenvalue weighted by Crippen LogP contribution is 2.33. The average Bonchev–Trinajstić information content (AvgIpc) is 2.90. The summed E-state index contributed by atoms with van der Waals surface area (Å²) < 4.78 is 5.08. The van der Waals surface area contributed by atoms with Crippen molar-refractivity contribution >= 4 is 17.4 Å². The van der Waals surface area contributed by atoms with Gasteiger partial charge in [-0.1, -0.05) is 12.8 Å². The van der Waals surface area contributed by atoms with Gasteiger partial charge in [-0.3, -0.25) is 4.79 Å². The summed E-state index contributed by atoms with van der Waals surface area (Å²) in [7, 11) is 1.50. The number of rotatable bonds is 5. The first kappa shape index (κ1) is 13.4. The molecule has 0 aromatic carbocycles. The van der Waals surface area contributed by atoms with Crippen LogP contribution in [0.15, 0.2) is 6.33 Å². The van der Waals surface area contributed by atoms with Crippen LogP contribution in [0.2, 0.25) is 0 Å². The van der Waals surface area contributed by atoms with Gasteiger partial charge in [0.25, 0.3) is 0 Å². The van der Waals surface area contributed by atoms with Gasteiger partial charge >= 0.3 is 0 Å². The number of carbonyl (C=O) groups excluding carboxylic acids is 1. The smallest absolute Gasteiger partial charge is 0.242 e. The van der Waals surface area contributed by atoms with Crippen molar-refractivity contribution < 1.29 is 9.53 Å². The van der Waals surface area contributed by atoms with Crippen molar-refractivity contribution in [2.24, 2.45) is 5.73 Å². The molecule has 0 bridgehead atoms. The van der Waals surface area contributed by atoms with Crippen LogP contribution >= 0.6 is 0 Å². The number of methoxy groups -OCH3 is 1. The average molecular weight is 265 g/mol. The molecule has 19 heavy (non-hydrogen) atoms. The number of nitrogens with two attached hydrogens (primary N) is 2. The molecule has 1 aromatic heterocycles. The molecule has 1 amide bonds. The molecule has 1 saturated carbocycles. The van der Waals surface area contributed by atoms with Gasteiger partial charge in [-0.25, -0.2) is 4.98 Å². The number of hydrogen-bond donors (Lipinski definition) is 2. The van der Waals surface area contributed by atoms with E-state index in [1.165, 1.54) is 13.4 Å². The fraction of sp³-hybridized carbons (Fsp3) is 0.583. The molecule has 7 heteroatoms. The quantitative estimate of drug-likeness (QED) is 0.793. The molecule has 0 spiro atoms. The molecule has 0 atom stereocenters. The third-order valence-corrected chi connectivity index (χ3v) is 3.38. The topological polar surface area (TPSA) is 107 Å². The van der Waals surface area contributed by atoms with Crippen molar-refractivity contribution in [3.63, 3.8) is 0 Å². The highest BCUT2D eigenvalue weighted by Gasteiger charge is 2.27. The van der Waals surface area contributed by atoms with E-state index in [0.29, 0.717) is 17.4 Å². The van der Waals surface area contributed by atoms with Crippen LogP contribution in [0.5, 0.6) is 5.88 Å². The summed E-state index contributed by atoms with van der Waals surface area (Å²) in [5.74, 6) is 0.443. The maximum atomic E-state index is 11.3. The van der Waals surface area contributed by atoms with Crippen LogP contribution in [0, 0.1) is 0 Å². The van der Waals surface area contributed by atoms with E-state index in [4.69, 9.17) is 16.2 Å². The molecule has 0 unspecified atom stereocenters. The lowest BCUT2D eigenvalue weighted by Gasteiger charge is -2.29. The largest absolute Gasteiger partial charge is 0.479 e. The van der Waals surface area contributed by atoms with Crippen LogP contribution in [-0.2, 0) is 4.79 Å². The van der Waals surface area contributed by atoms with E-state index < -0.39 is 5.91 Å². The molecule has 1 aliphatic rings. The van der Waals surface area contributed by atoms with E-state index in [-0.39, 0.29) is 12.6 Å². The molecule has 0 aliphatic heterocycles. The summed E-state index contributed by atoms with van der Waals surface area (Å²) in [6, 6.07) is 0.245. The lowest BCUT2D eigenvalue weighted by Crippen LogP contribution is -2.41. The molecule has 2 rings (SSSR count). The van der Waals surface area contributed by atoms with Gasteiger partial charge in [-0.2, -0.15) is 4.98 Å². The fourth-order valence-corrected chi connectivity index (χ4v) is 2.52. The van der Waals surface area contributed by atoms with Crippen molar-refractivity contribution in [1.29, 1.82) is 0 Å². The number of nitrogen functional groups attached to an aromatic ring is 1. The molecule has 1 heterocycles. The van der Waals surface area contributed by atoms with E-state index >= 15 is 0 Å². The van der Waals surface area contributed by atoms with Crippen LogP contribution in [-0.4, -0.2) is 35.6 Å². The zero-order valence-corrected chi connectivity index (χ0v) is 11.0. The van der Waals surface area contributed by atoms with Crippen LogP contribution in [0.25, 0.3) is 0 Å². The van der Waals surface area contributed by atoms with Crippen LogP contribution in [0.4, 0.5) is 11.5 Å². The minimum absolute atomic E-state index is 0.106. The summed E-state index contributed by atoms with van der Waals surface area (Å²) in [4.78, 5) is 21.3. The molecule has 1 aliphatic carbocycles. The Morgan fingerprint density at radius 2 is 2.16 bits per heavy atom. The van der Waals surface area contributed by atoms with Crippen molar-refractivity contribution in [2.45, 2.75) is 31.7 Å². The van der Waals surface area contributed by atoms with E-state index in [1.54, 1.807) is 0 Å². The summed E-state index contributed by atoms with van der Waals surface area (Å²) >= 11 is 0. The van der Waals surface area contributed by atoms with Crippen molar-refractivity contribution in [2.75, 3.05) is 24.3 Å². The molecule has 1 fully saturated rings. The van der Waals surface area contributed by atoms with Crippen molar-refractivity contribution in [1.82, 2.24) is 9.97 Å². The molecule has 0 saturated heterocycles. The number of anilines is 2. The Hall–Kier alpha value is -2.05. The number of amides is 1. The van der Waals surface area contributed by atoms with Gasteiger partial charge in [0, 0.05) is 6.04 Å². The second-order valence-electron chi connectivity index (χ2n) is 4.65. The second-order valence-corrected chi connectivity index (χ2v) is 4.65. The van der Waals surface area contributed by atoms with Gasteiger partial charge in [0.2, 0.25) is 11.8 Å². The number of aromatic nitrogens is 2. The zero-order valence-electron chi connectivity index (χ0n) is 11.0. The first-order chi connectivity index (χ1) is 9.13. The van der Waals surface area contributed by atoms with E-state index in [2.05, 4.69) is 9.97 Å². The Morgan fingerprint density at radius 3 is 2.74 bits per heavy atom. The zero-order chi connectivity index (χ0) is 13.8. The van der Waals surface area contributed by atoms with E-state index in [0.717, 1.165) is 25.7 Å². The molecule has 104 valence electrons. The lowest BCUT2D eigenvalue weighted by molar-refractivity contribution is -0.116. The van der Waals surface area contributed by atoms with Gasteiger partial charge in [0.1, 0.15) is 12.0 Å². The maximum absolute atomic E-state index is 11.3. The summed E-state index contributed by atoms with van der Waals surface area (Å²) in [6.45, 7) is 0.106. The van der Waals surface area contributed by atoms with E-state index in [1.807, 2.05) is 4.90 Å². The number of carbonyl (C=O) groups is 1. The standard InChI is InChI=1S/C12H19N5O2/c1-19-12-10(14)11(15-7-16-12)17(6-9(13)18)8-4-2-3-5-8/h7-8H,2-6,14H2,1H3,(H2,13,18). The second kappa shape index (κ2) is 5.73. The maximum Gasteiger partial charge on any atom is 0.242 e. The van der Waals surface area contributed by atoms with Crippen LogP contribution in [0.1, 0.15) is 25.7 Å². The highest BCUT2D eigenvalue weighted by molar-refractivity contribution is 5.81. The first-order valence-corrected chi connectivity index (χ1v) is 6.33. The van der Waals surface area contributed by atoms with Gasteiger partial charge in [-0.15, -0.1) is 0 Å². The molecular formula is C12H19N5O2. The van der Waals surface area contributed by atoms with Gasteiger partial charge in [0.05, 0.1) is 13.7 Å². The number of primary amides is 1. The summed E-state index contributed by atoms with van der Waals surface area (Å²) in [5, 5.41) is 0. The van der Waals surface area contributed by atoms with Crippen LogP contribution in [0.3, 0.4) is 0 Å². The molecule has 7 nitrogen and oxygen atoms in total. The third-order valence-electron chi connectivity index (χ3n) is 3.38. The number of ether oxygens (including phenoxy) is 1. The van der Waals surface area contributed by atoms with Gasteiger partial charge in [-0.05, 0) is 12.8 Å². The Labute approximate surface area is 111 Å². The van der Waals surface area contributed by atoms with Crippen LogP contribution < -0.4 is 21.1 Å². The molecule has 4 N–H and O–H groups in total. The van der Waals surface area contributed by atoms with Gasteiger partial charge in [0.15, 0.2) is 5.82 Å². The molecular weight excluding hydrogens is 246 g/mol. The normalized spacial score (nSPS) is 15.4. The Bertz CT molecular complexity index is 459. The predicted molar refractivity (Wildman–Crippen MR) is 71.8 cm³/mol. The number of hydrogen-bond acceptors (Lipinski definition) is 6. The minimum atomic E-state index is -0.399. The molecule has 1 aromatic rings. The van der Waals surface area contributed by atoms with Crippen molar-refractivity contribution in [3.8, 4) is 5.88 Å². The monoisotopic (exact) mass is 265 g/mol. The summed E-state index contributed by atoms with van der Waals surface area (Å²) in [6.07, 6.45) is 5.69. The lowest BCUT2D eigenvalue weighted by atomic mass is 10.2. The number of nitrogens with zero attached hydrogens (tertiary/aromatic N) is 3. The summed E-state index contributed by atoms with van der Waals surface area (Å²) in [5.41, 5.74) is 11.7. The Morgan fingerprint density at radius 1 is 1.47 bits per heavy atom. The Balaban J connectivity index is 2.34.